The molecule has 0 radical (unpaired) electrons. The quantitative estimate of drug-likeness (QED) is 0.183. The number of methoxy groups -OCH3 is 1. The number of hydrogen-bond donors (Lipinski definition) is 2. The van der Waals surface area contributed by atoms with E-state index >= 15 is 0 Å². The van der Waals surface area contributed by atoms with E-state index in [-0.39, 0.29) is 18.8 Å². The standard InChI is InChI=1S/C14H18N2O6S/c1-4-21-12(17)9(13(18)22-5-2)8-15-16-10-6-7-23-11(10)14(19)20-3/h6-8,15-16H,4-5H2,1-3H3. The molecule has 126 valence electrons. The van der Waals surface area contributed by atoms with Gasteiger partial charge in [0, 0.05) is 6.20 Å². The number of carbonyl (C=O) groups excluding carboxylic acids is 3. The van der Waals surface area contributed by atoms with Crippen molar-refractivity contribution in [2.75, 3.05) is 25.7 Å². The molecular formula is C14H18N2O6S. The van der Waals surface area contributed by atoms with Crippen molar-refractivity contribution in [3.8, 4) is 0 Å². The van der Waals surface area contributed by atoms with E-state index < -0.39 is 17.9 Å². The second kappa shape index (κ2) is 9.46. The molecule has 0 aliphatic carbocycles. The Labute approximate surface area is 137 Å². The van der Waals surface area contributed by atoms with Gasteiger partial charge in [0.05, 0.1) is 26.0 Å². The van der Waals surface area contributed by atoms with Gasteiger partial charge in [0.25, 0.3) is 0 Å². The Kier molecular flexibility index (Phi) is 7.61. The molecule has 2 N–H and O–H groups in total. The summed E-state index contributed by atoms with van der Waals surface area (Å²) in [5.74, 6) is -2.11. The summed E-state index contributed by atoms with van der Waals surface area (Å²) in [6, 6.07) is 1.65. The fourth-order valence-electron chi connectivity index (χ4n) is 1.46. The van der Waals surface area contributed by atoms with Crippen molar-refractivity contribution >= 4 is 34.9 Å². The number of rotatable bonds is 8. The average Bonchev–Trinajstić information content (AvgIpc) is 2.99. The van der Waals surface area contributed by atoms with E-state index in [0.717, 1.165) is 6.20 Å². The van der Waals surface area contributed by atoms with Crippen molar-refractivity contribution in [1.29, 1.82) is 0 Å². The summed E-state index contributed by atoms with van der Waals surface area (Å²) >= 11 is 1.19. The number of anilines is 1. The summed E-state index contributed by atoms with van der Waals surface area (Å²) in [6.07, 6.45) is 1.12. The first-order chi connectivity index (χ1) is 11.0. The van der Waals surface area contributed by atoms with Crippen LogP contribution in [-0.2, 0) is 23.8 Å². The summed E-state index contributed by atoms with van der Waals surface area (Å²) in [6.45, 7) is 3.50. The maximum Gasteiger partial charge on any atom is 0.350 e. The Morgan fingerprint density at radius 1 is 1.17 bits per heavy atom. The number of ether oxygens (including phenoxy) is 3. The van der Waals surface area contributed by atoms with Gasteiger partial charge in [-0.25, -0.2) is 14.4 Å². The third-order valence-corrected chi connectivity index (χ3v) is 3.34. The Morgan fingerprint density at radius 2 is 1.78 bits per heavy atom. The van der Waals surface area contributed by atoms with E-state index in [4.69, 9.17) is 9.47 Å². The zero-order valence-electron chi connectivity index (χ0n) is 13.0. The van der Waals surface area contributed by atoms with Crippen LogP contribution in [0.25, 0.3) is 0 Å². The van der Waals surface area contributed by atoms with Crippen LogP contribution in [0.5, 0.6) is 0 Å². The highest BCUT2D eigenvalue weighted by Crippen LogP contribution is 2.22. The molecule has 0 saturated carbocycles. The monoisotopic (exact) mass is 342 g/mol. The molecule has 23 heavy (non-hydrogen) atoms. The van der Waals surface area contributed by atoms with E-state index in [2.05, 4.69) is 15.6 Å². The lowest BCUT2D eigenvalue weighted by Crippen LogP contribution is -2.24. The number of esters is 3. The molecule has 0 amide bonds. The highest BCUT2D eigenvalue weighted by atomic mass is 32.1. The molecule has 1 heterocycles. The Morgan fingerprint density at radius 3 is 2.30 bits per heavy atom. The predicted molar refractivity (Wildman–Crippen MR) is 83.8 cm³/mol. The summed E-state index contributed by atoms with van der Waals surface area (Å²) in [4.78, 5) is 35.4. The van der Waals surface area contributed by atoms with Gasteiger partial charge in [-0.05, 0) is 25.3 Å². The van der Waals surface area contributed by atoms with Crippen molar-refractivity contribution in [1.82, 2.24) is 5.43 Å². The van der Waals surface area contributed by atoms with Gasteiger partial charge >= 0.3 is 17.9 Å². The average molecular weight is 342 g/mol. The van der Waals surface area contributed by atoms with Crippen LogP contribution in [0.4, 0.5) is 5.69 Å². The van der Waals surface area contributed by atoms with Crippen LogP contribution in [0.3, 0.4) is 0 Å². The molecule has 0 aromatic carbocycles. The van der Waals surface area contributed by atoms with Gasteiger partial charge in [-0.3, -0.25) is 5.43 Å². The molecule has 0 atom stereocenters. The van der Waals surface area contributed by atoms with Crippen molar-refractivity contribution in [2.24, 2.45) is 0 Å². The van der Waals surface area contributed by atoms with Gasteiger partial charge < -0.3 is 19.6 Å². The van der Waals surface area contributed by atoms with Gasteiger partial charge in [0.15, 0.2) is 5.57 Å². The zero-order chi connectivity index (χ0) is 17.2. The van der Waals surface area contributed by atoms with Crippen molar-refractivity contribution in [3.05, 3.63) is 28.1 Å². The van der Waals surface area contributed by atoms with E-state index in [1.54, 1.807) is 25.3 Å². The van der Waals surface area contributed by atoms with Crippen LogP contribution in [-0.4, -0.2) is 38.2 Å². The van der Waals surface area contributed by atoms with Crippen molar-refractivity contribution < 1.29 is 28.6 Å². The molecule has 0 unspecified atom stereocenters. The van der Waals surface area contributed by atoms with Crippen LogP contribution in [0.15, 0.2) is 23.2 Å². The summed E-state index contributed by atoms with van der Waals surface area (Å²) in [5.41, 5.74) is 5.43. The molecule has 0 bridgehead atoms. The largest absolute Gasteiger partial charge is 0.465 e. The second-order valence-electron chi connectivity index (χ2n) is 3.92. The fraction of sp³-hybridized carbons (Fsp3) is 0.357. The molecule has 9 heteroatoms. The van der Waals surface area contributed by atoms with Crippen LogP contribution in [0, 0.1) is 0 Å². The third kappa shape index (κ3) is 5.29. The van der Waals surface area contributed by atoms with Crippen LogP contribution >= 0.6 is 11.3 Å². The zero-order valence-corrected chi connectivity index (χ0v) is 13.8. The van der Waals surface area contributed by atoms with Crippen molar-refractivity contribution in [2.45, 2.75) is 13.8 Å². The third-order valence-electron chi connectivity index (χ3n) is 2.45. The van der Waals surface area contributed by atoms with Crippen molar-refractivity contribution in [3.63, 3.8) is 0 Å². The fourth-order valence-corrected chi connectivity index (χ4v) is 2.23. The van der Waals surface area contributed by atoms with Gasteiger partial charge in [-0.1, -0.05) is 0 Å². The van der Waals surface area contributed by atoms with Gasteiger partial charge in [0.1, 0.15) is 4.88 Å². The molecule has 8 nitrogen and oxygen atoms in total. The molecule has 0 aliphatic heterocycles. The smallest absolute Gasteiger partial charge is 0.350 e. The Bertz CT molecular complexity index is 576. The number of hydrogen-bond acceptors (Lipinski definition) is 9. The lowest BCUT2D eigenvalue weighted by atomic mass is 10.3. The molecule has 0 aliphatic rings. The van der Waals surface area contributed by atoms with Crippen LogP contribution < -0.4 is 10.9 Å². The summed E-state index contributed by atoms with van der Waals surface area (Å²) < 4.78 is 14.2. The minimum atomic E-state index is -0.807. The Hall–Kier alpha value is -2.55. The number of carbonyl (C=O) groups is 3. The molecule has 1 aromatic rings. The first-order valence-electron chi connectivity index (χ1n) is 6.76. The van der Waals surface area contributed by atoms with E-state index in [1.807, 2.05) is 0 Å². The summed E-state index contributed by atoms with van der Waals surface area (Å²) in [7, 11) is 1.28. The normalized spacial score (nSPS) is 9.52. The predicted octanol–water partition coefficient (Wildman–Crippen LogP) is 1.46. The molecule has 1 rings (SSSR count). The number of nitrogens with one attached hydrogen (secondary N) is 2. The first kappa shape index (κ1) is 18.5. The molecular weight excluding hydrogens is 324 g/mol. The number of hydrazine groups is 1. The maximum absolute atomic E-state index is 11.7. The maximum atomic E-state index is 11.7. The van der Waals surface area contributed by atoms with Gasteiger partial charge in [-0.2, -0.15) is 0 Å². The molecule has 0 fully saturated rings. The second-order valence-corrected chi connectivity index (χ2v) is 4.84. The summed E-state index contributed by atoms with van der Waals surface area (Å²) in [5, 5.41) is 1.69. The van der Waals surface area contributed by atoms with E-state index in [1.165, 1.54) is 18.4 Å². The minimum absolute atomic E-state index is 0.125. The highest BCUT2D eigenvalue weighted by Gasteiger charge is 2.21. The molecule has 0 saturated heterocycles. The lowest BCUT2D eigenvalue weighted by molar-refractivity contribution is -0.146. The molecule has 1 aromatic heterocycles. The minimum Gasteiger partial charge on any atom is -0.465 e. The topological polar surface area (TPSA) is 103 Å². The van der Waals surface area contributed by atoms with E-state index in [0.29, 0.717) is 10.6 Å². The van der Waals surface area contributed by atoms with Gasteiger partial charge in [-0.15, -0.1) is 11.3 Å². The first-order valence-corrected chi connectivity index (χ1v) is 7.64. The lowest BCUT2D eigenvalue weighted by Gasteiger charge is -2.09. The van der Waals surface area contributed by atoms with E-state index in [9.17, 15) is 14.4 Å². The SMILES string of the molecule is CCOC(=O)C(=CNNc1ccsc1C(=O)OC)C(=O)OCC. The van der Waals surface area contributed by atoms with Crippen LogP contribution in [0.2, 0.25) is 0 Å². The van der Waals surface area contributed by atoms with Gasteiger partial charge in [0.2, 0.25) is 0 Å². The number of thiophene rings is 1. The van der Waals surface area contributed by atoms with Crippen LogP contribution in [0.1, 0.15) is 23.5 Å². The Balaban J connectivity index is 2.81. The molecule has 0 spiro atoms. The highest BCUT2D eigenvalue weighted by molar-refractivity contribution is 7.12.